The number of thioether (sulfide) groups is 1. The van der Waals surface area contributed by atoms with Crippen molar-refractivity contribution >= 4 is 34.4 Å². The van der Waals surface area contributed by atoms with Gasteiger partial charge in [-0.15, -0.1) is 11.8 Å². The minimum Gasteiger partial charge on any atom is -0.322 e. The van der Waals surface area contributed by atoms with Gasteiger partial charge in [-0.3, -0.25) is 19.4 Å². The van der Waals surface area contributed by atoms with Crippen LogP contribution in [0.2, 0.25) is 0 Å². The van der Waals surface area contributed by atoms with Gasteiger partial charge in [0, 0.05) is 28.6 Å². The van der Waals surface area contributed by atoms with Crippen LogP contribution in [0.25, 0.3) is 11.0 Å². The fourth-order valence-corrected chi connectivity index (χ4v) is 4.82. The van der Waals surface area contributed by atoms with Crippen molar-refractivity contribution < 1.29 is 4.79 Å². The molecule has 0 atom stereocenters. The van der Waals surface area contributed by atoms with Gasteiger partial charge in [-0.25, -0.2) is 4.98 Å². The third kappa shape index (κ3) is 3.64. The second-order valence-corrected chi connectivity index (χ2v) is 8.39. The third-order valence-corrected chi connectivity index (χ3v) is 6.25. The SMILES string of the molecule is Cc1cc(C(=O)Nc2ccc(SC3CCCC3)cc2)c2c(=O)[nH]n(C)c2n1. The van der Waals surface area contributed by atoms with Crippen molar-refractivity contribution in [2.45, 2.75) is 42.8 Å². The number of aromatic nitrogens is 3. The van der Waals surface area contributed by atoms with E-state index in [2.05, 4.69) is 15.4 Å². The molecule has 27 heavy (non-hydrogen) atoms. The van der Waals surface area contributed by atoms with Crippen LogP contribution in [0, 0.1) is 6.92 Å². The molecule has 0 bridgehead atoms. The van der Waals surface area contributed by atoms with Crippen molar-refractivity contribution in [3.63, 3.8) is 0 Å². The van der Waals surface area contributed by atoms with Gasteiger partial charge >= 0.3 is 0 Å². The lowest BCUT2D eigenvalue weighted by Gasteiger charge is -2.10. The standard InChI is InChI=1S/C20H22N4O2S/c1-12-11-16(17-18(21-12)24(2)23-20(17)26)19(25)22-13-7-9-15(10-8-13)27-14-5-3-4-6-14/h7-11,14H,3-6H2,1-2H3,(H,22,25)(H,23,26). The van der Waals surface area contributed by atoms with E-state index < -0.39 is 0 Å². The summed E-state index contributed by atoms with van der Waals surface area (Å²) in [4.78, 5) is 30.6. The van der Waals surface area contributed by atoms with Gasteiger partial charge in [-0.1, -0.05) is 12.8 Å². The summed E-state index contributed by atoms with van der Waals surface area (Å²) in [6.07, 6.45) is 5.22. The van der Waals surface area contributed by atoms with Gasteiger partial charge in [-0.2, -0.15) is 0 Å². The fraction of sp³-hybridized carbons (Fsp3) is 0.350. The number of hydrogen-bond acceptors (Lipinski definition) is 4. The number of H-pyrrole nitrogens is 1. The van der Waals surface area contributed by atoms with Gasteiger partial charge in [-0.05, 0) is 50.1 Å². The second-order valence-electron chi connectivity index (χ2n) is 7.01. The van der Waals surface area contributed by atoms with Crippen LogP contribution in [0.4, 0.5) is 5.69 Å². The summed E-state index contributed by atoms with van der Waals surface area (Å²) >= 11 is 1.91. The average Bonchev–Trinajstić information content (AvgIpc) is 3.24. The molecule has 4 rings (SSSR count). The monoisotopic (exact) mass is 382 g/mol. The van der Waals surface area contributed by atoms with Crippen molar-refractivity contribution in [2.75, 3.05) is 5.32 Å². The molecule has 2 N–H and O–H groups in total. The highest BCUT2D eigenvalue weighted by Gasteiger charge is 2.18. The van der Waals surface area contributed by atoms with Crippen molar-refractivity contribution in [3.05, 3.63) is 51.9 Å². The summed E-state index contributed by atoms with van der Waals surface area (Å²) in [5.41, 5.74) is 1.90. The molecule has 1 fully saturated rings. The van der Waals surface area contributed by atoms with E-state index in [-0.39, 0.29) is 11.5 Å². The van der Waals surface area contributed by atoms with Gasteiger partial charge in [0.25, 0.3) is 11.5 Å². The molecule has 1 amide bonds. The van der Waals surface area contributed by atoms with Crippen LogP contribution in [0.1, 0.15) is 41.7 Å². The van der Waals surface area contributed by atoms with Gasteiger partial charge in [0.1, 0.15) is 0 Å². The third-order valence-electron chi connectivity index (χ3n) is 4.90. The molecule has 2 aromatic heterocycles. The zero-order valence-electron chi connectivity index (χ0n) is 15.4. The van der Waals surface area contributed by atoms with E-state index in [1.54, 1.807) is 13.1 Å². The Labute approximate surface area is 161 Å². The number of nitrogens with one attached hydrogen (secondary N) is 2. The minimum atomic E-state index is -0.312. The summed E-state index contributed by atoms with van der Waals surface area (Å²) in [5, 5.41) is 6.58. The van der Waals surface area contributed by atoms with Crippen LogP contribution < -0.4 is 10.9 Å². The number of aryl methyl sites for hydroxylation is 2. The Hall–Kier alpha value is -2.54. The molecule has 1 aliphatic rings. The molecule has 0 saturated heterocycles. The van der Waals surface area contributed by atoms with E-state index in [9.17, 15) is 9.59 Å². The number of fused-ring (bicyclic) bond motifs is 1. The number of carbonyl (C=O) groups excluding carboxylic acids is 1. The number of rotatable bonds is 4. The molecule has 1 aliphatic carbocycles. The van der Waals surface area contributed by atoms with Crippen LogP contribution in [-0.4, -0.2) is 25.9 Å². The molecule has 0 unspecified atom stereocenters. The number of aromatic amines is 1. The normalized spacial score (nSPS) is 14.7. The largest absolute Gasteiger partial charge is 0.322 e. The summed E-state index contributed by atoms with van der Waals surface area (Å²) in [7, 11) is 1.71. The molecule has 6 nitrogen and oxygen atoms in total. The molecule has 7 heteroatoms. The van der Waals surface area contributed by atoms with Crippen LogP contribution in [0.15, 0.2) is 40.0 Å². The summed E-state index contributed by atoms with van der Waals surface area (Å²) in [6, 6.07) is 9.56. The van der Waals surface area contributed by atoms with E-state index >= 15 is 0 Å². The maximum atomic E-state index is 12.8. The molecular formula is C20H22N4O2S. The highest BCUT2D eigenvalue weighted by molar-refractivity contribution is 8.00. The van der Waals surface area contributed by atoms with Crippen molar-refractivity contribution in [2.24, 2.45) is 7.05 Å². The fourth-order valence-electron chi connectivity index (χ4n) is 3.58. The predicted octanol–water partition coefficient (Wildman–Crippen LogP) is 3.86. The number of benzene rings is 1. The van der Waals surface area contributed by atoms with Gasteiger partial charge in [0.15, 0.2) is 5.65 Å². The lowest BCUT2D eigenvalue weighted by molar-refractivity contribution is 0.102. The smallest absolute Gasteiger partial charge is 0.274 e. The lowest BCUT2D eigenvalue weighted by Crippen LogP contribution is -2.15. The molecule has 3 aromatic rings. The van der Waals surface area contributed by atoms with E-state index in [0.29, 0.717) is 33.2 Å². The van der Waals surface area contributed by atoms with Crippen molar-refractivity contribution in [3.8, 4) is 0 Å². The van der Waals surface area contributed by atoms with E-state index in [1.165, 1.54) is 35.3 Å². The zero-order chi connectivity index (χ0) is 19.0. The summed E-state index contributed by atoms with van der Waals surface area (Å²) < 4.78 is 1.54. The molecule has 1 saturated carbocycles. The van der Waals surface area contributed by atoms with Crippen LogP contribution >= 0.6 is 11.8 Å². The Morgan fingerprint density at radius 2 is 1.96 bits per heavy atom. The summed E-state index contributed by atoms with van der Waals surface area (Å²) in [5.74, 6) is -0.307. The quantitative estimate of drug-likeness (QED) is 0.718. The first kappa shape index (κ1) is 17.9. The molecule has 2 heterocycles. The molecule has 0 radical (unpaired) electrons. The van der Waals surface area contributed by atoms with Gasteiger partial charge in [0.2, 0.25) is 0 Å². The van der Waals surface area contributed by atoms with Gasteiger partial charge in [0.05, 0.1) is 10.9 Å². The Balaban J connectivity index is 1.55. The second kappa shape index (κ2) is 7.23. The van der Waals surface area contributed by atoms with Crippen LogP contribution in [-0.2, 0) is 7.05 Å². The highest BCUT2D eigenvalue weighted by Crippen LogP contribution is 2.35. The topological polar surface area (TPSA) is 79.8 Å². The van der Waals surface area contributed by atoms with E-state index in [0.717, 1.165) is 0 Å². The Morgan fingerprint density at radius 1 is 1.26 bits per heavy atom. The predicted molar refractivity (Wildman–Crippen MR) is 109 cm³/mol. The Morgan fingerprint density at radius 3 is 2.67 bits per heavy atom. The molecular weight excluding hydrogens is 360 g/mol. The molecule has 1 aromatic carbocycles. The average molecular weight is 382 g/mol. The summed E-state index contributed by atoms with van der Waals surface area (Å²) in [6.45, 7) is 1.81. The minimum absolute atomic E-state index is 0.307. The number of pyridine rings is 1. The first-order valence-corrected chi connectivity index (χ1v) is 10.0. The van der Waals surface area contributed by atoms with Crippen LogP contribution in [0.5, 0.6) is 0 Å². The Bertz CT molecular complexity index is 1050. The number of nitrogens with zero attached hydrogens (tertiary/aromatic N) is 2. The number of carbonyl (C=O) groups is 1. The van der Waals surface area contributed by atoms with Gasteiger partial charge < -0.3 is 5.32 Å². The molecule has 0 spiro atoms. The number of hydrogen-bond donors (Lipinski definition) is 2. The zero-order valence-corrected chi connectivity index (χ0v) is 16.2. The lowest BCUT2D eigenvalue weighted by atomic mass is 10.1. The Kier molecular flexibility index (Phi) is 4.78. The maximum Gasteiger partial charge on any atom is 0.274 e. The van der Waals surface area contributed by atoms with Crippen LogP contribution in [0.3, 0.4) is 0 Å². The number of amides is 1. The molecule has 140 valence electrons. The van der Waals surface area contributed by atoms with Crippen molar-refractivity contribution in [1.82, 2.24) is 14.8 Å². The molecule has 0 aliphatic heterocycles. The maximum absolute atomic E-state index is 12.8. The number of anilines is 1. The van der Waals surface area contributed by atoms with Crippen molar-refractivity contribution in [1.29, 1.82) is 0 Å². The first-order valence-electron chi connectivity index (χ1n) is 9.15. The first-order chi connectivity index (χ1) is 13.0. The van der Waals surface area contributed by atoms with E-state index in [4.69, 9.17) is 0 Å². The highest BCUT2D eigenvalue weighted by atomic mass is 32.2. The van der Waals surface area contributed by atoms with E-state index in [1.807, 2.05) is 43.0 Å².